The van der Waals surface area contributed by atoms with Crippen molar-refractivity contribution in [1.29, 1.82) is 0 Å². The average molecular weight is 327 g/mol. The Hall–Kier alpha value is -0.0445. The molecule has 0 aliphatic rings. The van der Waals surface area contributed by atoms with Crippen molar-refractivity contribution in [2.24, 2.45) is 0 Å². The topological polar surface area (TPSA) is 112 Å². The second-order valence-electron chi connectivity index (χ2n) is 1.25. The first-order valence-corrected chi connectivity index (χ1v) is 5.24. The van der Waals surface area contributed by atoms with Gasteiger partial charge in [-0.3, -0.25) is 0 Å². The van der Waals surface area contributed by atoms with Crippen molar-refractivity contribution < 1.29 is 74.9 Å². The average Bonchev–Trinajstić information content (AvgIpc) is 1.89. The molecule has 12 heavy (non-hydrogen) atoms. The number of aliphatic carboxylic acids is 3. The van der Waals surface area contributed by atoms with E-state index >= 15 is 0 Å². The first-order chi connectivity index (χ1) is 4.91. The van der Waals surface area contributed by atoms with Crippen molar-refractivity contribution in [3.05, 3.63) is 0 Å². The summed E-state index contributed by atoms with van der Waals surface area (Å²) in [6.45, 7) is 0. The molecule has 0 aromatic heterocycles. The van der Waals surface area contributed by atoms with Gasteiger partial charge in [-0.05, 0) is 0 Å². The van der Waals surface area contributed by atoms with E-state index in [1.807, 2.05) is 0 Å². The van der Waals surface area contributed by atoms with E-state index in [1.165, 1.54) is 0 Å². The first-order valence-electron chi connectivity index (χ1n) is 2.39. The van der Waals surface area contributed by atoms with Gasteiger partial charge in [0.1, 0.15) is 0 Å². The van der Waals surface area contributed by atoms with Crippen LogP contribution in [0.5, 0.6) is 0 Å². The number of hydrogen-bond acceptors (Lipinski definition) is 3. The maximum Gasteiger partial charge on any atom is 0 e. The molecule has 0 bridgehead atoms. The van der Waals surface area contributed by atoms with Crippen molar-refractivity contribution in [3.8, 4) is 0 Å². The van der Waals surface area contributed by atoms with Crippen LogP contribution < -0.4 is 0 Å². The van der Waals surface area contributed by atoms with Crippen LogP contribution in [0.25, 0.3) is 0 Å². The van der Waals surface area contributed by atoms with Gasteiger partial charge in [-0.2, -0.15) is 0 Å². The van der Waals surface area contributed by atoms with E-state index in [2.05, 4.69) is 0 Å². The third-order valence-corrected chi connectivity index (χ3v) is 1.62. The summed E-state index contributed by atoms with van der Waals surface area (Å²) in [7, 11) is 0. The maximum absolute atomic E-state index is 9.41. The second-order valence-corrected chi connectivity index (χ2v) is 2.68. The normalized spacial score (nSPS) is 6.83. The number of hydrogen-bond donors (Lipinski definition) is 3. The van der Waals surface area contributed by atoms with E-state index in [-0.39, 0.29) is 19.5 Å². The SMILES string of the molecule is O=C(O)C(=O)O.O=C(O)[CH2][Cd].[Zn]. The molecule has 0 fully saturated rings. The standard InChI is InChI=1S/C2H2O4.C2H3O2.Cd.Zn/c3-1(4)2(5)6;1-2(3)4;;/h(H,3,4)(H,5,6);1H2,(H,3,4);;. The molecule has 0 rings (SSSR count). The van der Waals surface area contributed by atoms with Gasteiger partial charge in [0.05, 0.1) is 0 Å². The van der Waals surface area contributed by atoms with Crippen molar-refractivity contribution in [2.75, 3.05) is 0 Å². The van der Waals surface area contributed by atoms with Crippen molar-refractivity contribution in [1.82, 2.24) is 0 Å². The van der Waals surface area contributed by atoms with E-state index in [0.29, 0.717) is 29.7 Å². The maximum atomic E-state index is 9.41. The Balaban J connectivity index is -0.000000126. The number of carboxylic acid groups (broad SMARTS) is 3. The Kier molecular flexibility index (Phi) is 16.3. The molecule has 0 heterocycles. The van der Waals surface area contributed by atoms with E-state index in [0.717, 1.165) is 0 Å². The van der Waals surface area contributed by atoms with Gasteiger partial charge in [0.15, 0.2) is 0 Å². The van der Waals surface area contributed by atoms with Crippen molar-refractivity contribution in [3.63, 3.8) is 0 Å². The van der Waals surface area contributed by atoms with Gasteiger partial charge < -0.3 is 10.2 Å². The first kappa shape index (κ1) is 17.9. The molecule has 61 valence electrons. The molecular weight excluding hydrogens is 322 g/mol. The third kappa shape index (κ3) is 22.5. The van der Waals surface area contributed by atoms with Crippen LogP contribution in [0.2, 0.25) is 3.98 Å². The van der Waals surface area contributed by atoms with Gasteiger partial charge in [0, 0.05) is 19.5 Å². The molecule has 0 aliphatic carbocycles. The fourth-order valence-corrected chi connectivity index (χ4v) is 0. The molecular formula is C4H5CdO6Zn. The van der Waals surface area contributed by atoms with Gasteiger partial charge in [0.25, 0.3) is 0 Å². The van der Waals surface area contributed by atoms with Crippen LogP contribution in [0, 0.1) is 0 Å². The molecule has 0 saturated heterocycles. The Morgan fingerprint density at radius 3 is 1.17 bits per heavy atom. The van der Waals surface area contributed by atoms with Gasteiger partial charge in [-0.25, -0.2) is 9.59 Å². The van der Waals surface area contributed by atoms with Crippen LogP contribution in [-0.4, -0.2) is 33.2 Å². The molecule has 3 N–H and O–H groups in total. The molecule has 0 spiro atoms. The molecule has 0 aliphatic heterocycles. The zero-order valence-corrected chi connectivity index (χ0v) is 13.2. The quantitative estimate of drug-likeness (QED) is 0.429. The predicted octanol–water partition coefficient (Wildman–Crippen LogP) is -0.811. The molecule has 0 radical (unpaired) electrons. The minimum Gasteiger partial charge on any atom is 0 e. The zero-order chi connectivity index (χ0) is 9.44. The summed E-state index contributed by atoms with van der Waals surface area (Å²) < 4.78 is 0.392. The number of carboxylic acids is 3. The van der Waals surface area contributed by atoms with Gasteiger partial charge in [-0.15, -0.1) is 0 Å². The van der Waals surface area contributed by atoms with Gasteiger partial charge in [-0.1, -0.05) is 0 Å². The van der Waals surface area contributed by atoms with E-state index in [1.54, 1.807) is 0 Å². The molecule has 0 aromatic rings. The third-order valence-electron chi connectivity index (χ3n) is 0.397. The summed E-state index contributed by atoms with van der Waals surface area (Å²) in [5.41, 5.74) is 0. The Labute approximate surface area is 96.4 Å². The van der Waals surface area contributed by atoms with Crippen LogP contribution in [0.15, 0.2) is 0 Å². The zero-order valence-electron chi connectivity index (χ0n) is 6.19. The molecule has 0 aromatic carbocycles. The second kappa shape index (κ2) is 11.0. The molecule has 0 amide bonds. The molecule has 6 nitrogen and oxygen atoms in total. The smallest absolute Gasteiger partial charge is 0 e. The number of carbonyl (C=O) groups is 3. The molecule has 0 unspecified atom stereocenters. The Morgan fingerprint density at radius 1 is 1.00 bits per heavy atom. The summed E-state index contributed by atoms with van der Waals surface area (Å²) in [6.07, 6.45) is 0. The van der Waals surface area contributed by atoms with Crippen LogP contribution in [0.3, 0.4) is 0 Å². The summed E-state index contributed by atoms with van der Waals surface area (Å²) in [4.78, 5) is 27.6. The summed E-state index contributed by atoms with van der Waals surface area (Å²) in [6, 6.07) is 0. The van der Waals surface area contributed by atoms with Crippen molar-refractivity contribution >= 4 is 17.9 Å². The fraction of sp³-hybridized carbons (Fsp3) is 0.250. The van der Waals surface area contributed by atoms with Crippen LogP contribution in [0.4, 0.5) is 0 Å². The summed E-state index contributed by atoms with van der Waals surface area (Å²) >= 11 is 0.589. The van der Waals surface area contributed by atoms with Gasteiger partial charge >= 0.3 is 57.6 Å². The Morgan fingerprint density at radius 2 is 1.17 bits per heavy atom. The Bertz CT molecular complexity index is 157. The summed E-state index contributed by atoms with van der Waals surface area (Å²) in [5.74, 6) is -4.32. The van der Waals surface area contributed by atoms with Crippen molar-refractivity contribution in [2.45, 2.75) is 3.98 Å². The van der Waals surface area contributed by atoms with E-state index in [4.69, 9.17) is 24.9 Å². The largest absolute Gasteiger partial charge is 0 e. The predicted molar refractivity (Wildman–Crippen MR) is 27.7 cm³/mol. The minimum absolute atomic E-state index is 0. The molecule has 0 saturated carbocycles. The molecule has 8 heteroatoms. The monoisotopic (exact) mass is 327 g/mol. The minimum atomic E-state index is -1.82. The van der Waals surface area contributed by atoms with E-state index < -0.39 is 17.9 Å². The summed E-state index contributed by atoms with van der Waals surface area (Å²) in [5, 5.41) is 22.5. The fourth-order valence-electron chi connectivity index (χ4n) is 0. The molecule has 0 atom stereocenters. The van der Waals surface area contributed by atoms with Crippen LogP contribution >= 0.6 is 0 Å². The van der Waals surface area contributed by atoms with Crippen LogP contribution in [-0.2, 0) is 59.6 Å². The number of rotatable bonds is 1. The van der Waals surface area contributed by atoms with Crippen LogP contribution in [0.1, 0.15) is 0 Å². The van der Waals surface area contributed by atoms with E-state index in [9.17, 15) is 4.79 Å². The van der Waals surface area contributed by atoms with Gasteiger partial charge in [0.2, 0.25) is 0 Å².